The number of halogens is 1. The van der Waals surface area contributed by atoms with Gasteiger partial charge in [0.2, 0.25) is 0 Å². The van der Waals surface area contributed by atoms with Gasteiger partial charge in [-0.2, -0.15) is 0 Å². The molecule has 8 heteroatoms. The number of thiophene rings is 1. The highest BCUT2D eigenvalue weighted by Crippen LogP contribution is 2.27. The van der Waals surface area contributed by atoms with Crippen LogP contribution in [0.2, 0.25) is 0 Å². The van der Waals surface area contributed by atoms with E-state index in [1.165, 1.54) is 4.88 Å². The lowest BCUT2D eigenvalue weighted by atomic mass is 10.1. The van der Waals surface area contributed by atoms with Crippen molar-refractivity contribution >= 4 is 41.3 Å². The number of nitrogens with zero attached hydrogens (tertiary/aromatic N) is 2. The summed E-state index contributed by atoms with van der Waals surface area (Å²) in [5, 5.41) is 8.94. The Hall–Kier alpha value is -1.36. The molecule has 1 fully saturated rings. The van der Waals surface area contributed by atoms with Gasteiger partial charge < -0.3 is 19.8 Å². The fraction of sp³-hybridized carbons (Fsp3) is 0.500. The van der Waals surface area contributed by atoms with E-state index in [2.05, 4.69) is 46.5 Å². The second kappa shape index (κ2) is 13.1. The summed E-state index contributed by atoms with van der Waals surface area (Å²) in [5.74, 6) is 1.78. The number of nitrogens with one attached hydrogen (secondary N) is 2. The maximum absolute atomic E-state index is 5.74. The Morgan fingerprint density at radius 2 is 2.23 bits per heavy atom. The molecule has 2 aromatic heterocycles. The topological polar surface area (TPSA) is 62.0 Å². The third kappa shape index (κ3) is 8.05. The van der Waals surface area contributed by atoms with Crippen molar-refractivity contribution < 1.29 is 9.15 Å². The van der Waals surface area contributed by atoms with Crippen LogP contribution in [0, 0.1) is 0 Å². The van der Waals surface area contributed by atoms with Crippen molar-refractivity contribution in [1.82, 2.24) is 15.5 Å². The minimum absolute atomic E-state index is 0. The van der Waals surface area contributed by atoms with Crippen molar-refractivity contribution in [2.45, 2.75) is 32.4 Å². The third-order valence-corrected chi connectivity index (χ3v) is 5.78. The Balaban J connectivity index is 0.00000320. The number of hydrogen-bond donors (Lipinski definition) is 2. The van der Waals surface area contributed by atoms with Gasteiger partial charge in [-0.25, -0.2) is 0 Å². The molecule has 0 aromatic carbocycles. The Labute approximate surface area is 200 Å². The van der Waals surface area contributed by atoms with Gasteiger partial charge in [0.1, 0.15) is 5.76 Å². The average molecular weight is 545 g/mol. The van der Waals surface area contributed by atoms with Crippen molar-refractivity contribution in [3.8, 4) is 0 Å². The first-order valence-electron chi connectivity index (χ1n) is 10.2. The molecule has 0 amide bonds. The Bertz CT molecular complexity index is 764. The molecule has 1 aliphatic rings. The lowest BCUT2D eigenvalue weighted by molar-refractivity contribution is -0.0327. The summed E-state index contributed by atoms with van der Waals surface area (Å²) in [6.07, 6.45) is 2.77. The van der Waals surface area contributed by atoms with E-state index in [1.54, 1.807) is 17.6 Å². The zero-order valence-electron chi connectivity index (χ0n) is 17.8. The summed E-state index contributed by atoms with van der Waals surface area (Å²) >= 11 is 1.79. The Morgan fingerprint density at radius 3 is 2.90 bits per heavy atom. The quantitative estimate of drug-likeness (QED) is 0.216. The monoisotopic (exact) mass is 544 g/mol. The summed E-state index contributed by atoms with van der Waals surface area (Å²) in [6, 6.07) is 8.48. The van der Waals surface area contributed by atoms with Crippen LogP contribution in [-0.2, 0) is 11.2 Å². The van der Waals surface area contributed by atoms with Crippen LogP contribution in [0.25, 0.3) is 0 Å². The molecule has 30 heavy (non-hydrogen) atoms. The van der Waals surface area contributed by atoms with Gasteiger partial charge in [-0.15, -0.1) is 35.3 Å². The number of morpholine rings is 1. The summed E-state index contributed by atoms with van der Waals surface area (Å²) in [6.45, 7) is 12.9. The van der Waals surface area contributed by atoms with E-state index < -0.39 is 0 Å². The van der Waals surface area contributed by atoms with Gasteiger partial charge >= 0.3 is 0 Å². The molecule has 0 radical (unpaired) electrons. The first-order chi connectivity index (χ1) is 14.1. The van der Waals surface area contributed by atoms with E-state index in [9.17, 15) is 0 Å². The zero-order valence-corrected chi connectivity index (χ0v) is 20.9. The molecule has 0 saturated carbocycles. The van der Waals surface area contributed by atoms with Crippen molar-refractivity contribution in [3.63, 3.8) is 0 Å². The summed E-state index contributed by atoms with van der Waals surface area (Å²) in [5.41, 5.74) is 1.07. The molecular formula is C22H33IN4O2S. The fourth-order valence-electron chi connectivity index (χ4n) is 3.34. The second-order valence-electron chi connectivity index (χ2n) is 7.46. The minimum atomic E-state index is 0. The van der Waals surface area contributed by atoms with Gasteiger partial charge in [0, 0.05) is 37.5 Å². The van der Waals surface area contributed by atoms with Crippen LogP contribution in [-0.4, -0.2) is 56.3 Å². The number of aliphatic imine (C=N–C) groups is 1. The first kappa shape index (κ1) is 24.9. The van der Waals surface area contributed by atoms with E-state index in [4.69, 9.17) is 14.1 Å². The predicted molar refractivity (Wildman–Crippen MR) is 135 cm³/mol. The number of ether oxygens (including phenoxy) is 1. The number of hydrogen-bond acceptors (Lipinski definition) is 5. The molecule has 1 aliphatic heterocycles. The summed E-state index contributed by atoms with van der Waals surface area (Å²) in [7, 11) is 0. The molecule has 0 aliphatic carbocycles. The number of furan rings is 1. The zero-order chi connectivity index (χ0) is 20.5. The largest absolute Gasteiger partial charge is 0.469 e. The van der Waals surface area contributed by atoms with E-state index in [0.717, 1.165) is 50.0 Å². The smallest absolute Gasteiger partial charge is 0.191 e. The van der Waals surface area contributed by atoms with Crippen LogP contribution >= 0.6 is 35.3 Å². The van der Waals surface area contributed by atoms with Crippen molar-refractivity contribution in [3.05, 3.63) is 58.7 Å². The van der Waals surface area contributed by atoms with E-state index in [0.29, 0.717) is 13.1 Å². The number of rotatable bonds is 9. The standard InChI is InChI=1S/C22H32N4O2S.HI/c1-17(2)14-24-22(23-9-8-19-6-4-11-28-19)25-15-20(21-7-5-13-29-21)26-10-12-27-18(3)16-26;/h4-7,11,13,18,20H,1,8-10,12,14-16H2,2-3H3,(H2,23,24,25);1H. The Kier molecular flexibility index (Phi) is 10.9. The van der Waals surface area contributed by atoms with Crippen LogP contribution in [0.1, 0.15) is 30.5 Å². The van der Waals surface area contributed by atoms with Gasteiger partial charge in [0.25, 0.3) is 0 Å². The molecule has 0 bridgehead atoms. The molecule has 0 spiro atoms. The molecule has 2 aromatic rings. The van der Waals surface area contributed by atoms with Gasteiger partial charge in [0.15, 0.2) is 5.96 Å². The first-order valence-corrected chi connectivity index (χ1v) is 11.1. The molecule has 3 rings (SSSR count). The highest BCUT2D eigenvalue weighted by atomic mass is 127. The molecule has 2 atom stereocenters. The minimum Gasteiger partial charge on any atom is -0.469 e. The van der Waals surface area contributed by atoms with Gasteiger partial charge in [-0.1, -0.05) is 18.2 Å². The maximum Gasteiger partial charge on any atom is 0.191 e. The van der Waals surface area contributed by atoms with E-state index in [1.807, 2.05) is 19.1 Å². The lowest BCUT2D eigenvalue weighted by Gasteiger charge is -2.36. The second-order valence-corrected chi connectivity index (χ2v) is 8.44. The molecule has 1 saturated heterocycles. The van der Waals surface area contributed by atoms with Crippen LogP contribution in [0.5, 0.6) is 0 Å². The lowest BCUT2D eigenvalue weighted by Crippen LogP contribution is -2.44. The highest BCUT2D eigenvalue weighted by Gasteiger charge is 2.26. The summed E-state index contributed by atoms with van der Waals surface area (Å²) in [4.78, 5) is 8.75. The number of guanidine groups is 1. The average Bonchev–Trinajstić information content (AvgIpc) is 3.40. The van der Waals surface area contributed by atoms with E-state index >= 15 is 0 Å². The van der Waals surface area contributed by atoms with Crippen molar-refractivity contribution in [1.29, 1.82) is 0 Å². The van der Waals surface area contributed by atoms with Crippen LogP contribution < -0.4 is 10.6 Å². The normalized spacial score (nSPS) is 18.5. The van der Waals surface area contributed by atoms with Crippen molar-refractivity contribution in [2.75, 3.05) is 39.3 Å². The third-order valence-electron chi connectivity index (χ3n) is 4.81. The SMILES string of the molecule is C=C(C)CNC(=NCC(c1cccs1)N1CCOC(C)C1)NCCc1ccco1.I. The summed E-state index contributed by atoms with van der Waals surface area (Å²) < 4.78 is 11.2. The van der Waals surface area contributed by atoms with Crippen molar-refractivity contribution in [2.24, 2.45) is 4.99 Å². The molecule has 3 heterocycles. The van der Waals surface area contributed by atoms with Crippen LogP contribution in [0.4, 0.5) is 0 Å². The fourth-order valence-corrected chi connectivity index (χ4v) is 4.19. The van der Waals surface area contributed by atoms with Crippen LogP contribution in [0.15, 0.2) is 57.5 Å². The Morgan fingerprint density at radius 1 is 1.37 bits per heavy atom. The maximum atomic E-state index is 5.74. The molecule has 6 nitrogen and oxygen atoms in total. The molecule has 166 valence electrons. The predicted octanol–water partition coefficient (Wildman–Crippen LogP) is 4.07. The van der Waals surface area contributed by atoms with E-state index in [-0.39, 0.29) is 36.1 Å². The molecule has 2 N–H and O–H groups in total. The van der Waals surface area contributed by atoms with Crippen LogP contribution in [0.3, 0.4) is 0 Å². The molecular weight excluding hydrogens is 511 g/mol. The molecule has 2 unspecified atom stereocenters. The van der Waals surface area contributed by atoms with Gasteiger partial charge in [0.05, 0.1) is 31.6 Å². The highest BCUT2D eigenvalue weighted by molar-refractivity contribution is 14.0. The van der Waals surface area contributed by atoms with Gasteiger partial charge in [-0.05, 0) is 37.4 Å². The van der Waals surface area contributed by atoms with Gasteiger partial charge in [-0.3, -0.25) is 9.89 Å².